The summed E-state index contributed by atoms with van der Waals surface area (Å²) in [6, 6.07) is 8.01. The van der Waals surface area contributed by atoms with E-state index in [4.69, 9.17) is 11.6 Å². The molecule has 1 saturated heterocycles. The molecular weight excluding hydrogens is 421 g/mol. The number of carbonyl (C=O) groups is 2. The Labute approximate surface area is 175 Å². The number of halogens is 2. The summed E-state index contributed by atoms with van der Waals surface area (Å²) in [5.74, 6) is -1.33. The number of rotatable bonds is 4. The predicted octanol–water partition coefficient (Wildman–Crippen LogP) is 3.71. The van der Waals surface area contributed by atoms with Crippen LogP contribution in [0.3, 0.4) is 0 Å². The Bertz CT molecular complexity index is 980. The van der Waals surface area contributed by atoms with Crippen molar-refractivity contribution in [3.63, 3.8) is 0 Å². The van der Waals surface area contributed by atoms with Crippen molar-refractivity contribution in [2.75, 3.05) is 32.4 Å². The lowest BCUT2D eigenvalue weighted by Crippen LogP contribution is -2.50. The van der Waals surface area contributed by atoms with E-state index in [9.17, 15) is 24.1 Å². The van der Waals surface area contributed by atoms with Crippen LogP contribution in [0.25, 0.3) is 0 Å². The van der Waals surface area contributed by atoms with Crippen molar-refractivity contribution in [2.45, 2.75) is 4.90 Å². The average molecular weight is 438 g/mol. The van der Waals surface area contributed by atoms with Gasteiger partial charge in [0.1, 0.15) is 11.4 Å². The summed E-state index contributed by atoms with van der Waals surface area (Å²) in [5.41, 5.74) is -0.0243. The van der Waals surface area contributed by atoms with E-state index in [1.165, 1.54) is 39.8 Å². The molecule has 1 aliphatic rings. The number of piperazine rings is 1. The molecule has 0 radical (unpaired) electrons. The van der Waals surface area contributed by atoms with E-state index in [2.05, 4.69) is 0 Å². The van der Waals surface area contributed by atoms with Gasteiger partial charge in [0.25, 0.3) is 17.5 Å². The molecular formula is C19H17ClFN3O4S. The summed E-state index contributed by atoms with van der Waals surface area (Å²) >= 11 is 7.35. The Kier molecular flexibility index (Phi) is 6.39. The first-order valence-corrected chi connectivity index (χ1v) is 10.3. The largest absolute Gasteiger partial charge is 0.335 e. The minimum Gasteiger partial charge on any atom is -0.335 e. The van der Waals surface area contributed by atoms with Gasteiger partial charge in [0.15, 0.2) is 0 Å². The molecule has 3 rings (SSSR count). The molecule has 1 aliphatic heterocycles. The molecule has 29 heavy (non-hydrogen) atoms. The quantitative estimate of drug-likeness (QED) is 0.413. The van der Waals surface area contributed by atoms with E-state index < -0.39 is 16.6 Å². The van der Waals surface area contributed by atoms with Crippen molar-refractivity contribution < 1.29 is 18.9 Å². The monoisotopic (exact) mass is 437 g/mol. The van der Waals surface area contributed by atoms with Crippen LogP contribution >= 0.6 is 23.4 Å². The second kappa shape index (κ2) is 8.79. The first-order chi connectivity index (χ1) is 13.8. The van der Waals surface area contributed by atoms with Crippen LogP contribution in [0.15, 0.2) is 41.3 Å². The molecule has 0 bridgehead atoms. The number of carbonyl (C=O) groups excluding carboxylic acids is 2. The Hall–Kier alpha value is -2.65. The van der Waals surface area contributed by atoms with E-state index in [-0.39, 0.29) is 53.9 Å². The zero-order valence-corrected chi connectivity index (χ0v) is 17.0. The molecule has 7 nitrogen and oxygen atoms in total. The van der Waals surface area contributed by atoms with Crippen LogP contribution in [-0.2, 0) is 0 Å². The summed E-state index contributed by atoms with van der Waals surface area (Å²) < 4.78 is 13.2. The van der Waals surface area contributed by atoms with Crippen molar-refractivity contribution in [1.82, 2.24) is 9.80 Å². The second-order valence-corrected chi connectivity index (χ2v) is 7.64. The third kappa shape index (κ3) is 4.51. The summed E-state index contributed by atoms with van der Waals surface area (Å²) in [6.45, 7) is 0.941. The number of thioether (sulfide) groups is 1. The first-order valence-electron chi connectivity index (χ1n) is 8.68. The Morgan fingerprint density at radius 1 is 1.03 bits per heavy atom. The SMILES string of the molecule is CSc1ccc([N+](=O)[O-])c(C(=O)N2CCN(C(=O)c3ccc(F)cc3Cl)CC2)c1. The van der Waals surface area contributed by atoms with Gasteiger partial charge < -0.3 is 9.80 Å². The van der Waals surface area contributed by atoms with Gasteiger partial charge in [-0.2, -0.15) is 0 Å². The third-order valence-electron chi connectivity index (χ3n) is 4.65. The minimum absolute atomic E-state index is 0.0259. The second-order valence-electron chi connectivity index (χ2n) is 6.35. The smallest absolute Gasteiger partial charge is 0.282 e. The van der Waals surface area contributed by atoms with Crippen LogP contribution < -0.4 is 0 Å². The molecule has 0 spiro atoms. The van der Waals surface area contributed by atoms with Gasteiger partial charge in [-0.1, -0.05) is 11.6 Å². The summed E-state index contributed by atoms with van der Waals surface area (Å²) in [7, 11) is 0. The maximum Gasteiger partial charge on any atom is 0.282 e. The Morgan fingerprint density at radius 3 is 2.14 bits per heavy atom. The van der Waals surface area contributed by atoms with Crippen molar-refractivity contribution in [2.24, 2.45) is 0 Å². The van der Waals surface area contributed by atoms with E-state index in [0.29, 0.717) is 0 Å². The van der Waals surface area contributed by atoms with Gasteiger partial charge in [0, 0.05) is 37.1 Å². The lowest BCUT2D eigenvalue weighted by molar-refractivity contribution is -0.385. The zero-order valence-electron chi connectivity index (χ0n) is 15.4. The van der Waals surface area contributed by atoms with Gasteiger partial charge in [0.05, 0.1) is 15.5 Å². The first kappa shape index (κ1) is 21.1. The number of nitro groups is 1. The fraction of sp³-hybridized carbons (Fsp3) is 0.263. The zero-order chi connectivity index (χ0) is 21.1. The van der Waals surface area contributed by atoms with Crippen LogP contribution in [0.2, 0.25) is 5.02 Å². The highest BCUT2D eigenvalue weighted by Crippen LogP contribution is 2.27. The van der Waals surface area contributed by atoms with Crippen molar-refractivity contribution in [1.29, 1.82) is 0 Å². The van der Waals surface area contributed by atoms with Crippen LogP contribution in [0.4, 0.5) is 10.1 Å². The maximum atomic E-state index is 13.2. The topological polar surface area (TPSA) is 83.8 Å². The highest BCUT2D eigenvalue weighted by atomic mass is 35.5. The summed E-state index contributed by atoms with van der Waals surface area (Å²) in [5, 5.41) is 11.3. The molecule has 2 aromatic rings. The molecule has 2 amide bonds. The number of nitro benzene ring substituents is 1. The van der Waals surface area contributed by atoms with E-state index in [0.717, 1.165) is 17.0 Å². The van der Waals surface area contributed by atoms with E-state index in [1.807, 2.05) is 6.26 Å². The fourth-order valence-electron chi connectivity index (χ4n) is 3.09. The van der Waals surface area contributed by atoms with Gasteiger partial charge in [-0.15, -0.1) is 11.8 Å². The number of benzene rings is 2. The van der Waals surface area contributed by atoms with Gasteiger partial charge in [-0.25, -0.2) is 4.39 Å². The van der Waals surface area contributed by atoms with Crippen LogP contribution in [0.1, 0.15) is 20.7 Å². The number of hydrogen-bond acceptors (Lipinski definition) is 5. The molecule has 10 heteroatoms. The van der Waals surface area contributed by atoms with E-state index >= 15 is 0 Å². The highest BCUT2D eigenvalue weighted by molar-refractivity contribution is 7.98. The highest BCUT2D eigenvalue weighted by Gasteiger charge is 2.30. The van der Waals surface area contributed by atoms with Crippen molar-refractivity contribution in [3.05, 3.63) is 68.5 Å². The fourth-order valence-corrected chi connectivity index (χ4v) is 3.78. The normalized spacial score (nSPS) is 14.0. The molecule has 1 heterocycles. The molecule has 0 aromatic heterocycles. The lowest BCUT2D eigenvalue weighted by Gasteiger charge is -2.35. The Morgan fingerprint density at radius 2 is 1.62 bits per heavy atom. The molecule has 1 fully saturated rings. The molecule has 0 unspecified atom stereocenters. The lowest BCUT2D eigenvalue weighted by atomic mass is 10.1. The van der Waals surface area contributed by atoms with E-state index in [1.54, 1.807) is 6.07 Å². The molecule has 0 saturated carbocycles. The molecule has 0 atom stereocenters. The van der Waals surface area contributed by atoms with Gasteiger partial charge >= 0.3 is 0 Å². The van der Waals surface area contributed by atoms with Crippen molar-refractivity contribution in [3.8, 4) is 0 Å². The number of amides is 2. The van der Waals surface area contributed by atoms with Gasteiger partial charge in [-0.05, 0) is 36.6 Å². The van der Waals surface area contributed by atoms with Crippen molar-refractivity contribution >= 4 is 40.9 Å². The van der Waals surface area contributed by atoms with Crippen LogP contribution in [-0.4, -0.2) is 59.0 Å². The van der Waals surface area contributed by atoms with Crippen LogP contribution in [0.5, 0.6) is 0 Å². The van der Waals surface area contributed by atoms with Crippen LogP contribution in [0, 0.1) is 15.9 Å². The standard InChI is InChI=1S/C19H17ClFN3O4S/c1-29-13-3-5-17(24(27)28)15(11-13)19(26)23-8-6-22(7-9-23)18(25)14-4-2-12(21)10-16(14)20/h2-5,10-11H,6-9H2,1H3. The van der Waals surface area contributed by atoms with Gasteiger partial charge in [-0.3, -0.25) is 19.7 Å². The predicted molar refractivity (Wildman–Crippen MR) is 108 cm³/mol. The molecule has 0 aliphatic carbocycles. The van der Waals surface area contributed by atoms with Gasteiger partial charge in [0.2, 0.25) is 0 Å². The third-order valence-corrected chi connectivity index (χ3v) is 5.68. The average Bonchev–Trinajstić information content (AvgIpc) is 2.72. The Balaban J connectivity index is 1.73. The number of hydrogen-bond donors (Lipinski definition) is 0. The summed E-state index contributed by atoms with van der Waals surface area (Å²) in [6.07, 6.45) is 1.82. The molecule has 152 valence electrons. The number of nitrogens with zero attached hydrogens (tertiary/aromatic N) is 3. The summed E-state index contributed by atoms with van der Waals surface area (Å²) in [4.78, 5) is 40.0. The molecule has 2 aromatic carbocycles. The maximum absolute atomic E-state index is 13.2. The minimum atomic E-state index is -0.576. The molecule has 0 N–H and O–H groups in total.